The van der Waals surface area contributed by atoms with E-state index in [4.69, 9.17) is 0 Å². The number of methoxy groups -OCH3 is 1. The van der Waals surface area contributed by atoms with E-state index < -0.39 is 29.6 Å². The van der Waals surface area contributed by atoms with Crippen LogP contribution in [0, 0.1) is 11.7 Å². The molecule has 0 N–H and O–H groups in total. The van der Waals surface area contributed by atoms with Crippen LogP contribution in [0.3, 0.4) is 0 Å². The molecule has 0 bridgehead atoms. The fourth-order valence-electron chi connectivity index (χ4n) is 2.02. The van der Waals surface area contributed by atoms with Gasteiger partial charge < -0.3 is 4.74 Å². The lowest BCUT2D eigenvalue weighted by atomic mass is 9.94. The highest BCUT2D eigenvalue weighted by Gasteiger charge is 2.34. The number of aliphatic imine (C=N–C) groups is 1. The number of nitrogens with zero attached hydrogens (tertiary/aromatic N) is 1. The molecular weight excluding hydrogens is 350 g/mol. The minimum absolute atomic E-state index is 0.0168. The molecule has 0 aromatic heterocycles. The van der Waals surface area contributed by atoms with Gasteiger partial charge in [-0.2, -0.15) is 13.2 Å². The molecule has 0 radical (unpaired) electrons. The third kappa shape index (κ3) is 6.28. The normalized spacial score (nSPS) is 13.6. The Morgan fingerprint density at radius 1 is 1.31 bits per heavy atom. The van der Waals surface area contributed by atoms with Gasteiger partial charge in [-0.15, -0.1) is 0 Å². The minimum Gasteiger partial charge on any atom is -0.465 e. The molecule has 26 heavy (non-hydrogen) atoms. The number of benzene rings is 1. The largest absolute Gasteiger partial charge is 0.465 e. The summed E-state index contributed by atoms with van der Waals surface area (Å²) < 4.78 is 57.7. The highest BCUT2D eigenvalue weighted by Crippen LogP contribution is 2.29. The van der Waals surface area contributed by atoms with E-state index in [-0.39, 0.29) is 16.8 Å². The van der Waals surface area contributed by atoms with Crippen LogP contribution in [0.5, 0.6) is 0 Å². The fraction of sp³-hybridized carbons (Fsp3) is 0.474. The smallest absolute Gasteiger partial charge is 0.433 e. The Morgan fingerprint density at radius 2 is 1.88 bits per heavy atom. The summed E-state index contributed by atoms with van der Waals surface area (Å²) >= 11 is 0. The highest BCUT2D eigenvalue weighted by molar-refractivity contribution is 6.03. The van der Waals surface area contributed by atoms with E-state index in [9.17, 15) is 22.4 Å². The number of hydrogen-bond donors (Lipinski definition) is 0. The summed E-state index contributed by atoms with van der Waals surface area (Å²) in [6.07, 6.45) is -3.31. The van der Waals surface area contributed by atoms with Crippen LogP contribution in [-0.2, 0) is 4.74 Å². The second-order valence-corrected chi connectivity index (χ2v) is 5.16. The Morgan fingerprint density at radius 3 is 2.27 bits per heavy atom. The number of allylic oxidation sites excluding steroid dienone is 2. The van der Waals surface area contributed by atoms with Crippen molar-refractivity contribution >= 4 is 11.7 Å². The van der Waals surface area contributed by atoms with E-state index in [2.05, 4.69) is 9.73 Å². The molecule has 0 saturated heterocycles. The first-order valence-electron chi connectivity index (χ1n) is 8.36. The molecule has 146 valence electrons. The molecule has 1 atom stereocenters. The summed E-state index contributed by atoms with van der Waals surface area (Å²) in [5.74, 6) is -1.96. The van der Waals surface area contributed by atoms with Crippen molar-refractivity contribution in [2.45, 2.75) is 47.2 Å². The zero-order valence-corrected chi connectivity index (χ0v) is 15.9. The average molecular weight is 375 g/mol. The van der Waals surface area contributed by atoms with Crippen molar-refractivity contribution in [3.05, 3.63) is 46.9 Å². The Balaban J connectivity index is 0.00000301. The zero-order valence-electron chi connectivity index (χ0n) is 15.9. The van der Waals surface area contributed by atoms with Gasteiger partial charge in [-0.05, 0) is 37.5 Å². The molecule has 3 nitrogen and oxygen atoms in total. The van der Waals surface area contributed by atoms with E-state index in [1.54, 1.807) is 13.8 Å². The van der Waals surface area contributed by atoms with Gasteiger partial charge in [0.1, 0.15) is 11.5 Å². The van der Waals surface area contributed by atoms with Crippen LogP contribution in [0.1, 0.15) is 57.0 Å². The Bertz CT molecular complexity index is 664. The summed E-state index contributed by atoms with van der Waals surface area (Å²) in [5.41, 5.74) is -1.20. The van der Waals surface area contributed by atoms with Gasteiger partial charge >= 0.3 is 12.1 Å². The quantitative estimate of drug-likeness (QED) is 0.363. The molecule has 0 amide bonds. The van der Waals surface area contributed by atoms with Gasteiger partial charge in [-0.25, -0.2) is 14.2 Å². The van der Waals surface area contributed by atoms with Crippen LogP contribution in [0.15, 0.2) is 35.0 Å². The van der Waals surface area contributed by atoms with E-state index in [0.29, 0.717) is 6.42 Å². The number of rotatable bonds is 5. The third-order valence-corrected chi connectivity index (χ3v) is 3.55. The highest BCUT2D eigenvalue weighted by atomic mass is 19.4. The number of hydrogen-bond acceptors (Lipinski definition) is 3. The lowest BCUT2D eigenvalue weighted by Crippen LogP contribution is -2.18. The monoisotopic (exact) mass is 375 g/mol. The second-order valence-electron chi connectivity index (χ2n) is 5.16. The van der Waals surface area contributed by atoms with Crippen LogP contribution in [0.2, 0.25) is 0 Å². The van der Waals surface area contributed by atoms with Crippen LogP contribution in [0.25, 0.3) is 0 Å². The SMILES string of the molecule is C/C=C(\N=C(c1ccc(C(=O)OC)cc1F)C(C)CC)C(F)(F)F.CC. The molecule has 1 aromatic rings. The van der Waals surface area contributed by atoms with Crippen LogP contribution >= 0.6 is 0 Å². The van der Waals surface area contributed by atoms with Crippen molar-refractivity contribution < 1.29 is 27.1 Å². The maximum absolute atomic E-state index is 14.4. The van der Waals surface area contributed by atoms with Crippen molar-refractivity contribution in [2.24, 2.45) is 10.9 Å². The van der Waals surface area contributed by atoms with E-state index in [0.717, 1.165) is 19.3 Å². The average Bonchev–Trinajstić information content (AvgIpc) is 2.62. The number of esters is 1. The van der Waals surface area contributed by atoms with E-state index in [1.807, 2.05) is 13.8 Å². The molecule has 0 aliphatic carbocycles. The van der Waals surface area contributed by atoms with Gasteiger partial charge in [-0.3, -0.25) is 0 Å². The van der Waals surface area contributed by atoms with Crippen molar-refractivity contribution in [1.82, 2.24) is 0 Å². The van der Waals surface area contributed by atoms with Crippen molar-refractivity contribution in [3.8, 4) is 0 Å². The lowest BCUT2D eigenvalue weighted by Gasteiger charge is -2.16. The van der Waals surface area contributed by atoms with Gasteiger partial charge in [-0.1, -0.05) is 33.8 Å². The van der Waals surface area contributed by atoms with E-state index >= 15 is 0 Å². The van der Waals surface area contributed by atoms with Gasteiger partial charge in [0.25, 0.3) is 0 Å². The third-order valence-electron chi connectivity index (χ3n) is 3.55. The number of carbonyl (C=O) groups excluding carboxylic acids is 1. The van der Waals surface area contributed by atoms with Gasteiger partial charge in [0.05, 0.1) is 18.4 Å². The van der Waals surface area contributed by atoms with Crippen LogP contribution in [0.4, 0.5) is 17.6 Å². The Labute approximate surface area is 151 Å². The topological polar surface area (TPSA) is 38.7 Å². The molecule has 7 heteroatoms. The molecule has 1 unspecified atom stereocenters. The number of carbonyl (C=O) groups is 1. The maximum Gasteiger partial charge on any atom is 0.433 e. The van der Waals surface area contributed by atoms with Gasteiger partial charge in [0.15, 0.2) is 0 Å². The van der Waals surface area contributed by atoms with Crippen LogP contribution < -0.4 is 0 Å². The first-order chi connectivity index (χ1) is 12.1. The second kappa shape index (κ2) is 10.7. The number of ether oxygens (including phenoxy) is 1. The minimum atomic E-state index is -4.63. The Kier molecular flexibility index (Phi) is 9.83. The number of halogens is 4. The van der Waals surface area contributed by atoms with E-state index in [1.165, 1.54) is 19.1 Å². The molecule has 0 spiro atoms. The summed E-state index contributed by atoms with van der Waals surface area (Å²) in [7, 11) is 1.15. The molecule has 0 saturated carbocycles. The molecule has 1 rings (SSSR count). The fourth-order valence-corrected chi connectivity index (χ4v) is 2.02. The summed E-state index contributed by atoms with van der Waals surface area (Å²) in [6, 6.07) is 3.48. The summed E-state index contributed by atoms with van der Waals surface area (Å²) in [4.78, 5) is 15.1. The molecule has 0 fully saturated rings. The first kappa shape index (κ1) is 23.8. The van der Waals surface area contributed by atoms with Crippen LogP contribution in [-0.4, -0.2) is 25.0 Å². The van der Waals surface area contributed by atoms with Gasteiger partial charge in [0, 0.05) is 5.56 Å². The van der Waals surface area contributed by atoms with Crippen molar-refractivity contribution in [1.29, 1.82) is 0 Å². The predicted molar refractivity (Wildman–Crippen MR) is 94.9 cm³/mol. The molecular formula is C19H25F4NO2. The maximum atomic E-state index is 14.4. The molecule has 0 aliphatic rings. The molecule has 0 aliphatic heterocycles. The van der Waals surface area contributed by atoms with Gasteiger partial charge in [0.2, 0.25) is 0 Å². The standard InChI is InChI=1S/C17H19F4NO2.C2H6/c1-5-10(3)15(22-14(6-2)17(19,20)21)12-8-7-11(9-13(12)18)16(23)24-4;1-2/h6-10H,5H2,1-4H3;1-2H3/b14-6-,22-15?;. The number of alkyl halides is 3. The zero-order chi connectivity index (χ0) is 20.5. The van der Waals surface area contributed by atoms with Crippen molar-refractivity contribution in [2.75, 3.05) is 7.11 Å². The molecule has 0 heterocycles. The molecule has 1 aromatic carbocycles. The lowest BCUT2D eigenvalue weighted by molar-refractivity contribution is -0.0924. The summed E-state index contributed by atoms with van der Waals surface area (Å²) in [5, 5.41) is 0. The Hall–Kier alpha value is -2.18. The predicted octanol–water partition coefficient (Wildman–Crippen LogP) is 5.94. The van der Waals surface area contributed by atoms with Crippen molar-refractivity contribution in [3.63, 3.8) is 0 Å². The summed E-state index contributed by atoms with van der Waals surface area (Å²) in [6.45, 7) is 8.65. The first-order valence-corrected chi connectivity index (χ1v) is 8.36.